The Morgan fingerprint density at radius 3 is 2.63 bits per heavy atom. The first-order chi connectivity index (χ1) is 19.7. The van der Waals surface area contributed by atoms with Gasteiger partial charge in [-0.1, -0.05) is 5.16 Å². The maximum Gasteiger partial charge on any atom is 0.328 e. The number of benzene rings is 1. The average Bonchev–Trinajstić information content (AvgIpc) is 3.59. The molecule has 5 amide bonds. The van der Waals surface area contributed by atoms with Crippen molar-refractivity contribution in [3.05, 3.63) is 28.5 Å². The highest BCUT2D eigenvalue weighted by Gasteiger charge is 2.63. The van der Waals surface area contributed by atoms with Crippen molar-refractivity contribution in [2.45, 2.75) is 38.5 Å². The van der Waals surface area contributed by atoms with Crippen LogP contribution in [0.4, 0.5) is 14.9 Å². The van der Waals surface area contributed by atoms with E-state index in [-0.39, 0.29) is 53.0 Å². The van der Waals surface area contributed by atoms with Gasteiger partial charge < -0.3 is 23.8 Å². The zero-order chi connectivity index (χ0) is 28.6. The van der Waals surface area contributed by atoms with Crippen molar-refractivity contribution in [2.24, 2.45) is 5.41 Å². The monoisotopic (exact) mass is 584 g/mol. The number of imide groups is 2. The summed E-state index contributed by atoms with van der Waals surface area (Å²) in [6, 6.07) is -0.152. The van der Waals surface area contributed by atoms with Gasteiger partial charge in [0.05, 0.1) is 42.5 Å². The molecular formula is C26H25FN6O7S. The van der Waals surface area contributed by atoms with Crippen molar-refractivity contribution in [1.29, 1.82) is 0 Å². The molecule has 0 radical (unpaired) electrons. The van der Waals surface area contributed by atoms with Crippen LogP contribution in [0.15, 0.2) is 16.0 Å². The van der Waals surface area contributed by atoms with Crippen LogP contribution in [0.5, 0.6) is 0 Å². The van der Waals surface area contributed by atoms with Crippen LogP contribution < -0.4 is 15.5 Å². The van der Waals surface area contributed by atoms with Crippen molar-refractivity contribution < 1.29 is 37.6 Å². The second kappa shape index (κ2) is 9.29. The Morgan fingerprint density at radius 2 is 1.90 bits per heavy atom. The van der Waals surface area contributed by atoms with Crippen LogP contribution in [0.2, 0.25) is 0 Å². The summed E-state index contributed by atoms with van der Waals surface area (Å²) in [5, 5.41) is 10.8. The number of nitrogens with one attached hydrogen (secondary N) is 2. The summed E-state index contributed by atoms with van der Waals surface area (Å²) in [6.07, 6.45) is -1.17. The van der Waals surface area contributed by atoms with E-state index < -0.39 is 41.2 Å². The highest BCUT2D eigenvalue weighted by atomic mass is 32.1. The highest BCUT2D eigenvalue weighted by molar-refractivity contribution is 7.13. The average molecular weight is 585 g/mol. The van der Waals surface area contributed by atoms with E-state index in [0.717, 1.165) is 0 Å². The first-order valence-corrected chi connectivity index (χ1v) is 14.1. The van der Waals surface area contributed by atoms with Crippen LogP contribution in [0, 0.1) is 11.2 Å². The normalized spacial score (nSPS) is 25.6. The van der Waals surface area contributed by atoms with E-state index in [1.165, 1.54) is 11.3 Å². The number of fused-ring (bicyclic) bond motifs is 5. The molecule has 4 aliphatic heterocycles. The molecule has 3 saturated heterocycles. The summed E-state index contributed by atoms with van der Waals surface area (Å²) >= 11 is 1.17. The first kappa shape index (κ1) is 26.0. The molecule has 3 aromatic rings. The lowest BCUT2D eigenvalue weighted by Crippen LogP contribution is -2.75. The standard InChI is InChI=1S/C26H25FN6O7S/c1-11-9-33-18-13(8-26(20(33)12(2)39-11)23(35)29-25(37)30-24(26)36)7-14-17(31-40-19(14)16(18)27)21-28-15(10-41-21)22(34)32-3-5-38-6-4-32/h7,10-12,20H,3-6,8-9H2,1-2H3,(H2,29,30,35,36,37)/t11-,12+,20-/m0/s1. The molecule has 1 spiro atoms. The quantitative estimate of drug-likeness (QED) is 0.423. The Bertz CT molecular complexity index is 1610. The lowest BCUT2D eigenvalue weighted by atomic mass is 9.66. The highest BCUT2D eigenvalue weighted by Crippen LogP contribution is 2.49. The number of halogens is 1. The number of barbiturate groups is 1. The number of morpholine rings is 2. The third-order valence-electron chi connectivity index (χ3n) is 8.19. The van der Waals surface area contributed by atoms with Gasteiger partial charge in [0.2, 0.25) is 17.4 Å². The van der Waals surface area contributed by atoms with Crippen LogP contribution in [0.1, 0.15) is 29.9 Å². The Balaban J connectivity index is 1.34. The third-order valence-corrected chi connectivity index (χ3v) is 9.04. The lowest BCUT2D eigenvalue weighted by Gasteiger charge is -2.55. The van der Waals surface area contributed by atoms with Gasteiger partial charge >= 0.3 is 6.03 Å². The molecule has 0 aliphatic carbocycles. The zero-order valence-corrected chi connectivity index (χ0v) is 22.9. The van der Waals surface area contributed by atoms with Gasteiger partial charge in [0, 0.05) is 31.4 Å². The Hall–Kier alpha value is -3.95. The Kier molecular flexibility index (Phi) is 5.89. The smallest absolute Gasteiger partial charge is 0.328 e. The van der Waals surface area contributed by atoms with E-state index in [4.69, 9.17) is 14.0 Å². The molecule has 2 N–H and O–H groups in total. The molecule has 0 bridgehead atoms. The van der Waals surface area contributed by atoms with Crippen LogP contribution >= 0.6 is 11.3 Å². The number of hydrogen-bond acceptors (Lipinski definition) is 11. The van der Waals surface area contributed by atoms with E-state index >= 15 is 4.39 Å². The molecule has 0 unspecified atom stereocenters. The van der Waals surface area contributed by atoms with Crippen molar-refractivity contribution in [3.63, 3.8) is 0 Å². The topological polar surface area (TPSA) is 156 Å². The van der Waals surface area contributed by atoms with Crippen LogP contribution in [0.25, 0.3) is 21.7 Å². The summed E-state index contributed by atoms with van der Waals surface area (Å²) < 4.78 is 33.1. The van der Waals surface area contributed by atoms with Crippen LogP contribution in [0.3, 0.4) is 0 Å². The molecule has 7 rings (SSSR count). The molecule has 0 saturated carbocycles. The molecule has 6 heterocycles. The van der Waals surface area contributed by atoms with Gasteiger partial charge in [0.1, 0.15) is 10.7 Å². The fourth-order valence-electron chi connectivity index (χ4n) is 6.51. The van der Waals surface area contributed by atoms with E-state index in [9.17, 15) is 19.2 Å². The van der Waals surface area contributed by atoms with E-state index in [0.29, 0.717) is 36.9 Å². The van der Waals surface area contributed by atoms with Gasteiger partial charge in [-0.05, 0) is 25.5 Å². The number of thiazole rings is 1. The van der Waals surface area contributed by atoms with E-state index in [2.05, 4.69) is 20.8 Å². The number of rotatable bonds is 2. The predicted molar refractivity (Wildman–Crippen MR) is 141 cm³/mol. The van der Waals surface area contributed by atoms with Crippen molar-refractivity contribution in [3.8, 4) is 10.7 Å². The molecule has 41 heavy (non-hydrogen) atoms. The molecule has 4 aliphatic rings. The SMILES string of the molecule is C[C@H]1CN2c3c(cc4c(-c5nc(C(=O)N6CCOCC6)cs5)noc4c3F)CC3(C(=O)NC(=O)NC3=O)[C@@H]2[C@@H](C)O1. The number of carbonyl (C=O) groups excluding carboxylic acids is 4. The van der Waals surface area contributed by atoms with E-state index in [1.54, 1.807) is 28.2 Å². The first-order valence-electron chi connectivity index (χ1n) is 13.2. The molecule has 13 nitrogen and oxygen atoms in total. The number of anilines is 1. The second-order valence-corrected chi connectivity index (χ2v) is 11.5. The summed E-state index contributed by atoms with van der Waals surface area (Å²) in [7, 11) is 0. The number of carbonyl (C=O) groups is 4. The predicted octanol–water partition coefficient (Wildman–Crippen LogP) is 1.45. The Labute approximate surface area is 235 Å². The van der Waals surface area contributed by atoms with Crippen molar-refractivity contribution >= 4 is 51.7 Å². The zero-order valence-electron chi connectivity index (χ0n) is 22.1. The second-order valence-electron chi connectivity index (χ2n) is 10.7. The molecule has 214 valence electrons. The van der Waals surface area contributed by atoms with E-state index in [1.807, 2.05) is 6.92 Å². The summed E-state index contributed by atoms with van der Waals surface area (Å²) in [5.41, 5.74) is -0.823. The van der Waals surface area contributed by atoms with Crippen molar-refractivity contribution in [2.75, 3.05) is 37.7 Å². The minimum atomic E-state index is -1.75. The maximum atomic E-state index is 16.3. The minimum Gasteiger partial charge on any atom is -0.378 e. The van der Waals surface area contributed by atoms with Crippen LogP contribution in [-0.2, 0) is 25.5 Å². The summed E-state index contributed by atoms with van der Waals surface area (Å²) in [4.78, 5) is 59.5. The summed E-state index contributed by atoms with van der Waals surface area (Å²) in [6.45, 7) is 5.57. The molecule has 3 atom stereocenters. The number of urea groups is 1. The van der Waals surface area contributed by atoms with Gasteiger partial charge in [-0.15, -0.1) is 11.3 Å². The number of ether oxygens (including phenoxy) is 2. The van der Waals surface area contributed by atoms with Gasteiger partial charge in [-0.3, -0.25) is 25.0 Å². The number of hydrogen-bond donors (Lipinski definition) is 2. The number of amides is 5. The molecular weight excluding hydrogens is 559 g/mol. The van der Waals surface area contributed by atoms with Gasteiger partial charge in [0.15, 0.2) is 16.9 Å². The van der Waals surface area contributed by atoms with Gasteiger partial charge in [0.25, 0.3) is 5.91 Å². The Morgan fingerprint density at radius 1 is 1.17 bits per heavy atom. The molecule has 3 fully saturated rings. The van der Waals surface area contributed by atoms with Gasteiger partial charge in [-0.25, -0.2) is 14.2 Å². The minimum absolute atomic E-state index is 0.107. The summed E-state index contributed by atoms with van der Waals surface area (Å²) in [5.74, 6) is -2.46. The number of aromatic nitrogens is 2. The van der Waals surface area contributed by atoms with Gasteiger partial charge in [-0.2, -0.15) is 0 Å². The fourth-order valence-corrected chi connectivity index (χ4v) is 7.30. The largest absolute Gasteiger partial charge is 0.378 e. The lowest BCUT2D eigenvalue weighted by molar-refractivity contribution is -0.153. The third kappa shape index (κ3) is 3.79. The molecule has 15 heteroatoms. The molecule has 2 aromatic heterocycles. The maximum absolute atomic E-state index is 16.3. The van der Waals surface area contributed by atoms with Crippen molar-refractivity contribution in [1.82, 2.24) is 25.7 Å². The number of nitrogens with zero attached hydrogens (tertiary/aromatic N) is 4. The molecule has 1 aromatic carbocycles. The van der Waals surface area contributed by atoms with Crippen LogP contribution in [-0.4, -0.2) is 89.9 Å². The fraction of sp³-hybridized carbons (Fsp3) is 0.462.